The van der Waals surface area contributed by atoms with Gasteiger partial charge in [-0.1, -0.05) is 0 Å². The van der Waals surface area contributed by atoms with Crippen LogP contribution in [0.4, 0.5) is 0 Å². The molecule has 3 saturated heterocycles. The van der Waals surface area contributed by atoms with Gasteiger partial charge in [-0.15, -0.1) is 0 Å². The van der Waals surface area contributed by atoms with Crippen LogP contribution in [0.2, 0.25) is 0 Å². The minimum Gasteiger partial charge on any atom is -0.340 e. The van der Waals surface area contributed by atoms with Crippen molar-refractivity contribution in [2.24, 2.45) is 0 Å². The Labute approximate surface area is 157 Å². The summed E-state index contributed by atoms with van der Waals surface area (Å²) in [5.74, 6) is 0.572. The number of nitrogens with one attached hydrogen (secondary N) is 1. The van der Waals surface area contributed by atoms with Crippen molar-refractivity contribution in [1.29, 1.82) is 0 Å². The van der Waals surface area contributed by atoms with E-state index in [0.717, 1.165) is 78.3 Å². The predicted octanol–water partition coefficient (Wildman–Crippen LogP) is -0.173. The van der Waals surface area contributed by atoms with Crippen LogP contribution < -0.4 is 5.32 Å². The van der Waals surface area contributed by atoms with Crippen LogP contribution in [-0.4, -0.2) is 109 Å². The predicted molar refractivity (Wildman–Crippen MR) is 102 cm³/mol. The molecule has 0 spiro atoms. The van der Waals surface area contributed by atoms with Crippen molar-refractivity contribution in [2.45, 2.75) is 38.6 Å². The highest BCUT2D eigenvalue weighted by atomic mass is 16.2. The summed E-state index contributed by atoms with van der Waals surface area (Å²) in [5.41, 5.74) is 0. The Balaban J connectivity index is 1.33. The molecule has 7 heteroatoms. The van der Waals surface area contributed by atoms with Crippen LogP contribution in [0.15, 0.2) is 0 Å². The smallest absolute Gasteiger partial charge is 0.236 e. The Morgan fingerprint density at radius 3 is 2.27 bits per heavy atom. The summed E-state index contributed by atoms with van der Waals surface area (Å²) in [6.07, 6.45) is 4.14. The van der Waals surface area contributed by atoms with Crippen molar-refractivity contribution in [3.63, 3.8) is 0 Å². The van der Waals surface area contributed by atoms with Gasteiger partial charge >= 0.3 is 0 Å². The van der Waals surface area contributed by atoms with E-state index in [1.807, 2.05) is 4.90 Å². The fourth-order valence-corrected chi connectivity index (χ4v) is 4.25. The van der Waals surface area contributed by atoms with E-state index in [4.69, 9.17) is 0 Å². The first kappa shape index (κ1) is 19.6. The van der Waals surface area contributed by atoms with Crippen LogP contribution in [0.25, 0.3) is 0 Å². The van der Waals surface area contributed by atoms with Gasteiger partial charge in [0.2, 0.25) is 11.8 Å². The van der Waals surface area contributed by atoms with Gasteiger partial charge in [-0.3, -0.25) is 14.5 Å². The molecule has 1 N–H and O–H groups in total. The standard InChI is InChI=1S/C19H35N5O2/c1-17-4-2-3-8-24(17)19(26)16-22-14-12-21(13-15-22)9-5-18(25)23-10-6-20-7-11-23/h17,20H,2-16H2,1H3. The lowest BCUT2D eigenvalue weighted by atomic mass is 10.0. The molecule has 3 aliphatic heterocycles. The van der Waals surface area contributed by atoms with Gasteiger partial charge in [0.05, 0.1) is 6.54 Å². The molecule has 3 aliphatic rings. The Kier molecular flexibility index (Phi) is 7.28. The second kappa shape index (κ2) is 9.67. The first-order valence-electron chi connectivity index (χ1n) is 10.4. The molecule has 0 aromatic heterocycles. The molecule has 0 aromatic rings. The van der Waals surface area contributed by atoms with Gasteiger partial charge in [-0.25, -0.2) is 0 Å². The summed E-state index contributed by atoms with van der Waals surface area (Å²) in [5, 5.41) is 3.28. The van der Waals surface area contributed by atoms with E-state index < -0.39 is 0 Å². The number of carbonyl (C=O) groups is 2. The molecule has 0 radical (unpaired) electrons. The zero-order valence-corrected chi connectivity index (χ0v) is 16.3. The molecule has 0 bridgehead atoms. The van der Waals surface area contributed by atoms with Crippen LogP contribution in [0.5, 0.6) is 0 Å². The Hall–Kier alpha value is -1.18. The summed E-state index contributed by atoms with van der Waals surface area (Å²) >= 11 is 0. The Morgan fingerprint density at radius 2 is 1.58 bits per heavy atom. The van der Waals surface area contributed by atoms with Crippen molar-refractivity contribution in [3.05, 3.63) is 0 Å². The molecular weight excluding hydrogens is 330 g/mol. The molecule has 148 valence electrons. The van der Waals surface area contributed by atoms with Crippen LogP contribution in [0, 0.1) is 0 Å². The third-order valence-electron chi connectivity index (χ3n) is 6.06. The van der Waals surface area contributed by atoms with Crippen molar-refractivity contribution in [1.82, 2.24) is 24.9 Å². The quantitative estimate of drug-likeness (QED) is 0.733. The number of carbonyl (C=O) groups excluding carboxylic acids is 2. The number of hydrogen-bond acceptors (Lipinski definition) is 5. The molecule has 1 unspecified atom stereocenters. The second-order valence-corrected chi connectivity index (χ2v) is 7.93. The van der Waals surface area contributed by atoms with E-state index in [1.165, 1.54) is 6.42 Å². The lowest BCUT2D eigenvalue weighted by molar-refractivity contribution is -0.136. The Bertz CT molecular complexity index is 473. The minimum atomic E-state index is 0.281. The minimum absolute atomic E-state index is 0.281. The van der Waals surface area contributed by atoms with Gasteiger partial charge in [0.15, 0.2) is 0 Å². The molecule has 3 rings (SSSR count). The molecule has 3 fully saturated rings. The van der Waals surface area contributed by atoms with Gasteiger partial charge < -0.3 is 20.0 Å². The molecular formula is C19H35N5O2. The number of amides is 2. The largest absolute Gasteiger partial charge is 0.340 e. The average Bonchev–Trinajstić information content (AvgIpc) is 2.68. The first-order valence-corrected chi connectivity index (χ1v) is 10.4. The van der Waals surface area contributed by atoms with E-state index in [0.29, 0.717) is 24.9 Å². The van der Waals surface area contributed by atoms with Gasteiger partial charge in [0.25, 0.3) is 0 Å². The van der Waals surface area contributed by atoms with Gasteiger partial charge in [-0.05, 0) is 26.2 Å². The summed E-state index contributed by atoms with van der Waals surface area (Å²) in [6, 6.07) is 0.397. The number of hydrogen-bond donors (Lipinski definition) is 1. The van der Waals surface area contributed by atoms with E-state index in [9.17, 15) is 9.59 Å². The van der Waals surface area contributed by atoms with Crippen molar-refractivity contribution in [2.75, 3.05) is 72.0 Å². The second-order valence-electron chi connectivity index (χ2n) is 7.93. The molecule has 7 nitrogen and oxygen atoms in total. The molecule has 0 aromatic carbocycles. The van der Waals surface area contributed by atoms with E-state index in [1.54, 1.807) is 0 Å². The van der Waals surface area contributed by atoms with Crippen molar-refractivity contribution < 1.29 is 9.59 Å². The lowest BCUT2D eigenvalue weighted by Gasteiger charge is -2.38. The fourth-order valence-electron chi connectivity index (χ4n) is 4.25. The molecule has 26 heavy (non-hydrogen) atoms. The highest BCUT2D eigenvalue weighted by Crippen LogP contribution is 2.17. The summed E-state index contributed by atoms with van der Waals surface area (Å²) < 4.78 is 0. The van der Waals surface area contributed by atoms with Gasteiger partial charge in [-0.2, -0.15) is 0 Å². The molecule has 0 saturated carbocycles. The molecule has 3 heterocycles. The maximum Gasteiger partial charge on any atom is 0.236 e. The summed E-state index contributed by atoms with van der Waals surface area (Å²) in [4.78, 5) is 33.5. The Morgan fingerprint density at radius 1 is 0.885 bits per heavy atom. The highest BCUT2D eigenvalue weighted by Gasteiger charge is 2.26. The topological polar surface area (TPSA) is 59.1 Å². The van der Waals surface area contributed by atoms with Crippen LogP contribution in [0.1, 0.15) is 32.6 Å². The van der Waals surface area contributed by atoms with Crippen LogP contribution >= 0.6 is 0 Å². The number of piperidine rings is 1. The maximum absolute atomic E-state index is 12.6. The number of likely N-dealkylation sites (tertiary alicyclic amines) is 1. The van der Waals surface area contributed by atoms with E-state index in [-0.39, 0.29) is 5.91 Å². The summed E-state index contributed by atoms with van der Waals surface area (Å²) in [6.45, 7) is 11.8. The molecule has 0 aliphatic carbocycles. The van der Waals surface area contributed by atoms with E-state index >= 15 is 0 Å². The zero-order valence-electron chi connectivity index (χ0n) is 16.3. The van der Waals surface area contributed by atoms with Gasteiger partial charge in [0, 0.05) is 77.9 Å². The number of nitrogens with zero attached hydrogens (tertiary/aromatic N) is 4. The lowest BCUT2D eigenvalue weighted by Crippen LogP contribution is -2.52. The zero-order chi connectivity index (χ0) is 18.4. The SMILES string of the molecule is CC1CCCCN1C(=O)CN1CCN(CCC(=O)N2CCNCC2)CC1. The first-order chi connectivity index (χ1) is 12.6. The van der Waals surface area contributed by atoms with Crippen LogP contribution in [-0.2, 0) is 9.59 Å². The summed E-state index contributed by atoms with van der Waals surface area (Å²) in [7, 11) is 0. The fraction of sp³-hybridized carbons (Fsp3) is 0.895. The third kappa shape index (κ3) is 5.41. The van der Waals surface area contributed by atoms with Crippen molar-refractivity contribution >= 4 is 11.8 Å². The molecule has 2 amide bonds. The number of rotatable bonds is 5. The van der Waals surface area contributed by atoms with E-state index in [2.05, 4.69) is 26.9 Å². The average molecular weight is 366 g/mol. The highest BCUT2D eigenvalue weighted by molar-refractivity contribution is 5.78. The number of piperazine rings is 2. The molecule has 1 atom stereocenters. The van der Waals surface area contributed by atoms with Crippen LogP contribution in [0.3, 0.4) is 0 Å². The third-order valence-corrected chi connectivity index (χ3v) is 6.06. The normalized spacial score (nSPS) is 26.1. The maximum atomic E-state index is 12.6. The van der Waals surface area contributed by atoms with Gasteiger partial charge in [0.1, 0.15) is 0 Å². The van der Waals surface area contributed by atoms with Crippen molar-refractivity contribution in [3.8, 4) is 0 Å². The monoisotopic (exact) mass is 365 g/mol.